The fourth-order valence-corrected chi connectivity index (χ4v) is 3.30. The number of rotatable bonds is 4. The van der Waals surface area contributed by atoms with E-state index in [2.05, 4.69) is 20.8 Å². The molecule has 0 radical (unpaired) electrons. The highest BCUT2D eigenvalue weighted by Crippen LogP contribution is 2.49. The molecule has 0 spiro atoms. The molecule has 0 saturated heterocycles. The quantitative estimate of drug-likeness (QED) is 0.501. The van der Waals surface area contributed by atoms with Crippen LogP contribution in [-0.4, -0.2) is 6.29 Å². The summed E-state index contributed by atoms with van der Waals surface area (Å²) in [6.07, 6.45) is 10.2. The van der Waals surface area contributed by atoms with E-state index >= 15 is 0 Å². The lowest BCUT2D eigenvalue weighted by Gasteiger charge is -2.43. The maximum absolute atomic E-state index is 10.7. The molecule has 1 heteroatoms. The van der Waals surface area contributed by atoms with Gasteiger partial charge in [0.2, 0.25) is 0 Å². The largest absolute Gasteiger partial charge is 0.299 e. The summed E-state index contributed by atoms with van der Waals surface area (Å²) < 4.78 is 0. The summed E-state index contributed by atoms with van der Waals surface area (Å²) in [6.45, 7) is 6.88. The first-order valence-electron chi connectivity index (χ1n) is 6.33. The van der Waals surface area contributed by atoms with Crippen molar-refractivity contribution in [2.45, 2.75) is 59.3 Å². The SMILES string of the molecule is CCCC1(C)/C(=C\C=O)CCCC1CC. The summed E-state index contributed by atoms with van der Waals surface area (Å²) in [4.78, 5) is 10.7. The molecule has 0 bridgehead atoms. The molecule has 1 nitrogen and oxygen atoms in total. The molecular formula is C14H24O. The van der Waals surface area contributed by atoms with Crippen LogP contribution in [0.3, 0.4) is 0 Å². The van der Waals surface area contributed by atoms with E-state index in [4.69, 9.17) is 0 Å². The van der Waals surface area contributed by atoms with E-state index in [9.17, 15) is 4.79 Å². The van der Waals surface area contributed by atoms with Crippen LogP contribution in [0.1, 0.15) is 59.3 Å². The molecule has 1 aliphatic carbocycles. The van der Waals surface area contributed by atoms with Crippen molar-refractivity contribution in [1.29, 1.82) is 0 Å². The normalized spacial score (nSPS) is 34.3. The lowest BCUT2D eigenvalue weighted by atomic mass is 9.61. The first-order chi connectivity index (χ1) is 7.19. The second-order valence-corrected chi connectivity index (χ2v) is 4.99. The van der Waals surface area contributed by atoms with Crippen LogP contribution < -0.4 is 0 Å². The summed E-state index contributed by atoms with van der Waals surface area (Å²) in [5, 5.41) is 0. The van der Waals surface area contributed by atoms with Crippen molar-refractivity contribution < 1.29 is 4.79 Å². The Morgan fingerprint density at radius 2 is 2.20 bits per heavy atom. The first kappa shape index (κ1) is 12.5. The summed E-state index contributed by atoms with van der Waals surface area (Å²) in [7, 11) is 0. The van der Waals surface area contributed by atoms with Crippen molar-refractivity contribution in [2.75, 3.05) is 0 Å². The van der Waals surface area contributed by atoms with Gasteiger partial charge < -0.3 is 0 Å². The molecule has 0 aromatic rings. The predicted molar refractivity (Wildman–Crippen MR) is 64.8 cm³/mol. The topological polar surface area (TPSA) is 17.1 Å². The van der Waals surface area contributed by atoms with Gasteiger partial charge in [0.1, 0.15) is 6.29 Å². The number of aldehydes is 1. The highest BCUT2D eigenvalue weighted by atomic mass is 16.1. The number of allylic oxidation sites excluding steroid dienone is 2. The monoisotopic (exact) mass is 208 g/mol. The zero-order valence-corrected chi connectivity index (χ0v) is 10.4. The van der Waals surface area contributed by atoms with Gasteiger partial charge in [-0.25, -0.2) is 0 Å². The number of carbonyl (C=O) groups is 1. The van der Waals surface area contributed by atoms with Gasteiger partial charge in [0.25, 0.3) is 0 Å². The van der Waals surface area contributed by atoms with Gasteiger partial charge in [0, 0.05) is 0 Å². The molecule has 1 rings (SSSR count). The Morgan fingerprint density at radius 1 is 1.47 bits per heavy atom. The van der Waals surface area contributed by atoms with Crippen molar-refractivity contribution >= 4 is 6.29 Å². The van der Waals surface area contributed by atoms with Gasteiger partial charge in [-0.1, -0.05) is 39.2 Å². The molecule has 0 aliphatic heterocycles. The number of hydrogen-bond donors (Lipinski definition) is 0. The van der Waals surface area contributed by atoms with E-state index in [1.54, 1.807) is 0 Å². The van der Waals surface area contributed by atoms with Crippen LogP contribution in [-0.2, 0) is 4.79 Å². The third-order valence-corrected chi connectivity index (χ3v) is 4.16. The molecule has 2 atom stereocenters. The zero-order chi connectivity index (χ0) is 11.3. The van der Waals surface area contributed by atoms with E-state index in [1.807, 2.05) is 6.08 Å². The lowest BCUT2D eigenvalue weighted by Crippen LogP contribution is -2.33. The third kappa shape index (κ3) is 2.50. The summed E-state index contributed by atoms with van der Waals surface area (Å²) >= 11 is 0. The molecule has 0 heterocycles. The van der Waals surface area contributed by atoms with Crippen LogP contribution in [0.25, 0.3) is 0 Å². The molecule has 86 valence electrons. The highest BCUT2D eigenvalue weighted by Gasteiger charge is 2.37. The smallest absolute Gasteiger partial charge is 0.142 e. The van der Waals surface area contributed by atoms with Crippen LogP contribution in [0.2, 0.25) is 0 Å². The first-order valence-corrected chi connectivity index (χ1v) is 6.33. The van der Waals surface area contributed by atoms with Crippen molar-refractivity contribution in [1.82, 2.24) is 0 Å². The summed E-state index contributed by atoms with van der Waals surface area (Å²) in [5.41, 5.74) is 1.69. The zero-order valence-electron chi connectivity index (χ0n) is 10.4. The summed E-state index contributed by atoms with van der Waals surface area (Å²) in [6, 6.07) is 0. The van der Waals surface area contributed by atoms with Gasteiger partial charge in [0.15, 0.2) is 0 Å². The minimum Gasteiger partial charge on any atom is -0.299 e. The van der Waals surface area contributed by atoms with Crippen LogP contribution in [0.5, 0.6) is 0 Å². The van der Waals surface area contributed by atoms with Gasteiger partial charge in [-0.2, -0.15) is 0 Å². The number of hydrogen-bond acceptors (Lipinski definition) is 1. The van der Waals surface area contributed by atoms with Gasteiger partial charge >= 0.3 is 0 Å². The van der Waals surface area contributed by atoms with Crippen LogP contribution in [0.15, 0.2) is 11.6 Å². The van der Waals surface area contributed by atoms with Crippen molar-refractivity contribution in [3.63, 3.8) is 0 Å². The van der Waals surface area contributed by atoms with E-state index in [-0.39, 0.29) is 0 Å². The maximum Gasteiger partial charge on any atom is 0.142 e. The average molecular weight is 208 g/mol. The van der Waals surface area contributed by atoms with Crippen LogP contribution in [0, 0.1) is 11.3 Å². The van der Waals surface area contributed by atoms with Crippen molar-refractivity contribution in [3.8, 4) is 0 Å². The Kier molecular flexibility index (Phi) is 4.56. The molecule has 0 aromatic carbocycles. The average Bonchev–Trinajstić information content (AvgIpc) is 2.22. The van der Waals surface area contributed by atoms with E-state index in [0.29, 0.717) is 5.41 Å². The van der Waals surface area contributed by atoms with Crippen molar-refractivity contribution in [3.05, 3.63) is 11.6 Å². The highest BCUT2D eigenvalue weighted by molar-refractivity contribution is 5.66. The van der Waals surface area contributed by atoms with Crippen LogP contribution >= 0.6 is 0 Å². The Morgan fingerprint density at radius 3 is 2.73 bits per heavy atom. The fourth-order valence-electron chi connectivity index (χ4n) is 3.30. The van der Waals surface area contributed by atoms with Gasteiger partial charge in [-0.05, 0) is 43.1 Å². The molecule has 0 amide bonds. The predicted octanol–water partition coefficient (Wildman–Crippen LogP) is 4.13. The Labute approximate surface area is 93.9 Å². The second kappa shape index (κ2) is 5.48. The Balaban J connectivity index is 2.94. The fraction of sp³-hybridized carbons (Fsp3) is 0.786. The molecule has 0 N–H and O–H groups in total. The molecule has 1 fully saturated rings. The van der Waals surface area contributed by atoms with E-state index in [0.717, 1.165) is 18.6 Å². The Bertz CT molecular complexity index is 242. The second-order valence-electron chi connectivity index (χ2n) is 4.99. The van der Waals surface area contributed by atoms with Crippen LogP contribution in [0.4, 0.5) is 0 Å². The van der Waals surface area contributed by atoms with Gasteiger partial charge in [0.05, 0.1) is 0 Å². The maximum atomic E-state index is 10.7. The van der Waals surface area contributed by atoms with Gasteiger partial charge in [-0.3, -0.25) is 4.79 Å². The molecule has 15 heavy (non-hydrogen) atoms. The molecule has 1 aliphatic rings. The third-order valence-electron chi connectivity index (χ3n) is 4.16. The van der Waals surface area contributed by atoms with Gasteiger partial charge in [-0.15, -0.1) is 0 Å². The molecule has 0 aromatic heterocycles. The van der Waals surface area contributed by atoms with E-state index < -0.39 is 0 Å². The standard InChI is InChI=1S/C14H24O/c1-4-10-14(3)12(5-2)7-6-8-13(14)9-11-15/h9,11-12H,4-8,10H2,1-3H3/b13-9-. The minimum atomic E-state index is 0.294. The Hall–Kier alpha value is -0.590. The number of carbonyl (C=O) groups excluding carboxylic acids is 1. The van der Waals surface area contributed by atoms with Crippen molar-refractivity contribution in [2.24, 2.45) is 11.3 Å². The lowest BCUT2D eigenvalue weighted by molar-refractivity contribution is -0.104. The molecular weight excluding hydrogens is 184 g/mol. The molecule has 1 saturated carbocycles. The minimum absolute atomic E-state index is 0.294. The van der Waals surface area contributed by atoms with E-state index in [1.165, 1.54) is 37.7 Å². The summed E-state index contributed by atoms with van der Waals surface area (Å²) in [5.74, 6) is 0.775. The molecule has 2 unspecified atom stereocenters.